The Balaban J connectivity index is 3.89. The van der Waals surface area contributed by atoms with E-state index in [1.165, 1.54) is 6.42 Å². The zero-order valence-corrected chi connectivity index (χ0v) is 12.3. The van der Waals surface area contributed by atoms with Gasteiger partial charge in [0.1, 0.15) is 0 Å². The highest BCUT2D eigenvalue weighted by atomic mass is 16.4. The van der Waals surface area contributed by atoms with Crippen LogP contribution in [0, 0.1) is 16.7 Å². The second-order valence-electron chi connectivity index (χ2n) is 6.88. The van der Waals surface area contributed by atoms with Gasteiger partial charge in [0.25, 0.3) is 0 Å². The molecule has 0 rings (SSSR count). The molecule has 17 heavy (non-hydrogen) atoms. The first-order chi connectivity index (χ1) is 7.57. The minimum atomic E-state index is -0.722. The third kappa shape index (κ3) is 7.37. The smallest absolute Gasteiger partial charge is 0.309 e. The molecule has 0 atom stereocenters. The van der Waals surface area contributed by atoms with Crippen LogP contribution in [0.3, 0.4) is 0 Å². The molecule has 3 heteroatoms. The van der Waals surface area contributed by atoms with Crippen molar-refractivity contribution in [3.05, 3.63) is 0 Å². The maximum absolute atomic E-state index is 10.9. The Morgan fingerprint density at radius 3 is 2.18 bits per heavy atom. The van der Waals surface area contributed by atoms with E-state index in [4.69, 9.17) is 5.11 Å². The second kappa shape index (κ2) is 6.39. The average molecular weight is 243 g/mol. The molecule has 0 aromatic heterocycles. The van der Waals surface area contributed by atoms with Crippen LogP contribution in [0.1, 0.15) is 54.4 Å². The summed E-state index contributed by atoms with van der Waals surface area (Å²) in [6.45, 7) is 14.2. The molecule has 0 heterocycles. The molecule has 0 amide bonds. The fourth-order valence-corrected chi connectivity index (χ4v) is 2.11. The first kappa shape index (κ1) is 16.4. The Morgan fingerprint density at radius 2 is 1.76 bits per heavy atom. The van der Waals surface area contributed by atoms with Gasteiger partial charge in [0.05, 0.1) is 5.41 Å². The van der Waals surface area contributed by atoms with Crippen LogP contribution in [-0.4, -0.2) is 24.2 Å². The molecule has 0 unspecified atom stereocenters. The highest BCUT2D eigenvalue weighted by molar-refractivity contribution is 5.73. The molecule has 0 bridgehead atoms. The van der Waals surface area contributed by atoms with Crippen LogP contribution < -0.4 is 5.32 Å². The molecular weight excluding hydrogens is 214 g/mol. The number of aliphatic carboxylic acids is 1. The van der Waals surface area contributed by atoms with Crippen molar-refractivity contribution in [3.63, 3.8) is 0 Å². The van der Waals surface area contributed by atoms with E-state index in [9.17, 15) is 4.79 Å². The van der Waals surface area contributed by atoms with Crippen molar-refractivity contribution >= 4 is 5.97 Å². The average Bonchev–Trinajstić information content (AvgIpc) is 2.10. The zero-order valence-electron chi connectivity index (χ0n) is 12.3. The normalized spacial score (nSPS) is 13.1. The van der Waals surface area contributed by atoms with Crippen LogP contribution in [0.5, 0.6) is 0 Å². The molecule has 0 fully saturated rings. The number of rotatable bonds is 8. The molecule has 0 aliphatic rings. The summed E-state index contributed by atoms with van der Waals surface area (Å²) in [6, 6.07) is 0. The van der Waals surface area contributed by atoms with Gasteiger partial charge in [-0.15, -0.1) is 0 Å². The lowest BCUT2D eigenvalue weighted by atomic mass is 9.83. The van der Waals surface area contributed by atoms with E-state index in [1.807, 2.05) is 0 Å². The predicted molar refractivity (Wildman–Crippen MR) is 72.1 cm³/mol. The summed E-state index contributed by atoms with van der Waals surface area (Å²) in [5, 5.41) is 12.4. The summed E-state index contributed by atoms with van der Waals surface area (Å²) in [5.74, 6) is -0.0250. The molecule has 2 N–H and O–H groups in total. The highest BCUT2D eigenvalue weighted by Gasteiger charge is 2.26. The maximum Gasteiger partial charge on any atom is 0.309 e. The molecule has 102 valence electrons. The Kier molecular flexibility index (Phi) is 6.17. The minimum absolute atomic E-state index is 0.279. The zero-order chi connectivity index (χ0) is 13.7. The first-order valence-corrected chi connectivity index (χ1v) is 6.51. The molecule has 0 aromatic carbocycles. The Morgan fingerprint density at radius 1 is 1.24 bits per heavy atom. The van der Waals surface area contributed by atoms with Gasteiger partial charge in [-0.1, -0.05) is 27.7 Å². The molecule has 0 aromatic rings. The third-order valence-corrected chi connectivity index (χ3v) is 3.07. The SMILES string of the molecule is CC(C)CC(C)(C)CNCCC(C)(C)C(=O)O. The quantitative estimate of drug-likeness (QED) is 0.644. The fourth-order valence-electron chi connectivity index (χ4n) is 2.11. The fraction of sp³-hybridized carbons (Fsp3) is 0.929. The highest BCUT2D eigenvalue weighted by Crippen LogP contribution is 2.24. The van der Waals surface area contributed by atoms with E-state index in [0.29, 0.717) is 12.3 Å². The van der Waals surface area contributed by atoms with Crippen LogP contribution in [0.15, 0.2) is 0 Å². The van der Waals surface area contributed by atoms with E-state index in [0.717, 1.165) is 13.1 Å². The summed E-state index contributed by atoms with van der Waals surface area (Å²) in [6.07, 6.45) is 1.85. The molecule has 0 spiro atoms. The van der Waals surface area contributed by atoms with Gasteiger partial charge in [-0.3, -0.25) is 4.79 Å². The predicted octanol–water partition coefficient (Wildman–Crippen LogP) is 3.15. The van der Waals surface area contributed by atoms with E-state index in [-0.39, 0.29) is 5.41 Å². The van der Waals surface area contributed by atoms with Gasteiger partial charge in [-0.25, -0.2) is 0 Å². The molecule has 0 saturated heterocycles. The van der Waals surface area contributed by atoms with Crippen molar-refractivity contribution in [2.45, 2.75) is 54.4 Å². The Hall–Kier alpha value is -0.570. The van der Waals surface area contributed by atoms with E-state index >= 15 is 0 Å². The number of carboxylic acids is 1. The van der Waals surface area contributed by atoms with Crippen LogP contribution in [0.2, 0.25) is 0 Å². The molecular formula is C14H29NO2. The van der Waals surface area contributed by atoms with Gasteiger partial charge in [0.15, 0.2) is 0 Å². The lowest BCUT2D eigenvalue weighted by Gasteiger charge is -2.28. The van der Waals surface area contributed by atoms with Crippen molar-refractivity contribution in [2.75, 3.05) is 13.1 Å². The third-order valence-electron chi connectivity index (χ3n) is 3.07. The number of carboxylic acid groups (broad SMARTS) is 1. The van der Waals surface area contributed by atoms with Crippen LogP contribution >= 0.6 is 0 Å². The Labute approximate surface area is 106 Å². The topological polar surface area (TPSA) is 49.3 Å². The second-order valence-corrected chi connectivity index (χ2v) is 6.88. The van der Waals surface area contributed by atoms with E-state index < -0.39 is 11.4 Å². The van der Waals surface area contributed by atoms with Crippen molar-refractivity contribution in [3.8, 4) is 0 Å². The first-order valence-electron chi connectivity index (χ1n) is 6.51. The summed E-state index contributed by atoms with van der Waals surface area (Å²) < 4.78 is 0. The standard InChI is InChI=1S/C14H29NO2/c1-11(2)9-13(3,4)10-15-8-7-14(5,6)12(16)17/h11,15H,7-10H2,1-6H3,(H,16,17). The van der Waals surface area contributed by atoms with Gasteiger partial charge >= 0.3 is 5.97 Å². The Bertz CT molecular complexity index is 245. The number of hydrogen-bond donors (Lipinski definition) is 2. The summed E-state index contributed by atoms with van der Waals surface area (Å²) >= 11 is 0. The van der Waals surface area contributed by atoms with Gasteiger partial charge in [-0.05, 0) is 44.6 Å². The van der Waals surface area contributed by atoms with Gasteiger partial charge in [0, 0.05) is 6.54 Å². The minimum Gasteiger partial charge on any atom is -0.481 e. The van der Waals surface area contributed by atoms with Crippen molar-refractivity contribution < 1.29 is 9.90 Å². The van der Waals surface area contributed by atoms with Crippen LogP contribution in [0.4, 0.5) is 0 Å². The molecule has 0 aliphatic carbocycles. The maximum atomic E-state index is 10.9. The molecule has 0 radical (unpaired) electrons. The summed E-state index contributed by atoms with van der Waals surface area (Å²) in [5.41, 5.74) is -0.350. The number of carbonyl (C=O) groups is 1. The molecule has 3 nitrogen and oxygen atoms in total. The van der Waals surface area contributed by atoms with E-state index in [1.54, 1.807) is 13.8 Å². The summed E-state index contributed by atoms with van der Waals surface area (Å²) in [4.78, 5) is 10.9. The largest absolute Gasteiger partial charge is 0.481 e. The van der Waals surface area contributed by atoms with Crippen LogP contribution in [-0.2, 0) is 4.79 Å². The van der Waals surface area contributed by atoms with E-state index in [2.05, 4.69) is 33.0 Å². The molecule has 0 saturated carbocycles. The monoisotopic (exact) mass is 243 g/mol. The number of hydrogen-bond acceptors (Lipinski definition) is 2. The van der Waals surface area contributed by atoms with Gasteiger partial charge in [-0.2, -0.15) is 0 Å². The van der Waals surface area contributed by atoms with Crippen molar-refractivity contribution in [2.24, 2.45) is 16.7 Å². The van der Waals surface area contributed by atoms with Gasteiger partial charge < -0.3 is 10.4 Å². The molecule has 0 aliphatic heterocycles. The van der Waals surface area contributed by atoms with Crippen molar-refractivity contribution in [1.29, 1.82) is 0 Å². The lowest BCUT2D eigenvalue weighted by Crippen LogP contribution is -2.34. The number of nitrogens with one attached hydrogen (secondary N) is 1. The lowest BCUT2D eigenvalue weighted by molar-refractivity contribution is -0.147. The van der Waals surface area contributed by atoms with Crippen LogP contribution in [0.25, 0.3) is 0 Å². The summed E-state index contributed by atoms with van der Waals surface area (Å²) in [7, 11) is 0. The van der Waals surface area contributed by atoms with Gasteiger partial charge in [0.2, 0.25) is 0 Å². The van der Waals surface area contributed by atoms with Crippen molar-refractivity contribution in [1.82, 2.24) is 5.32 Å².